The third kappa shape index (κ3) is 4.97. The number of cyclic esters (lactones) is 1. The molecule has 1 atom stereocenters. The Hall–Kier alpha value is -2.57. The van der Waals surface area contributed by atoms with Crippen LogP contribution in [0, 0.1) is 5.41 Å². The van der Waals surface area contributed by atoms with Crippen molar-refractivity contribution in [2.45, 2.75) is 46.3 Å². The first-order chi connectivity index (χ1) is 12.0. The average Bonchev–Trinajstić information content (AvgIpc) is 2.78. The maximum absolute atomic E-state index is 12.5. The van der Waals surface area contributed by atoms with Gasteiger partial charge in [0.2, 0.25) is 6.10 Å². The third-order valence-electron chi connectivity index (χ3n) is 3.73. The molecule has 1 aliphatic rings. The van der Waals surface area contributed by atoms with Gasteiger partial charge >= 0.3 is 18.0 Å². The van der Waals surface area contributed by atoms with Crippen molar-refractivity contribution in [3.63, 3.8) is 0 Å². The Kier molecular flexibility index (Phi) is 5.59. The summed E-state index contributed by atoms with van der Waals surface area (Å²) in [5.41, 5.74) is -0.839. The second-order valence-corrected chi connectivity index (χ2v) is 7.87. The van der Waals surface area contributed by atoms with Crippen molar-refractivity contribution >= 4 is 23.7 Å². The fourth-order valence-electron chi connectivity index (χ4n) is 2.42. The normalized spacial score (nSPS) is 18.8. The number of anilines is 1. The van der Waals surface area contributed by atoms with Crippen LogP contribution in [0.1, 0.15) is 34.6 Å². The lowest BCUT2D eigenvalue weighted by Crippen LogP contribution is -2.43. The SMILES string of the molecule is CC(C)(C)OC(=O)N(CC(=O)OC1C(=O)OCC1(C)C)c1ccccc1. The standard InChI is InChI=1S/C19H25NO6/c1-18(2,3)26-17(23)20(13-9-7-6-8-10-13)11-14(21)25-15-16(22)24-12-19(15,4)5/h6-10,15H,11-12H2,1-5H3. The Morgan fingerprint density at radius 3 is 2.35 bits per heavy atom. The van der Waals surface area contributed by atoms with Crippen LogP contribution in [0.3, 0.4) is 0 Å². The number of benzene rings is 1. The van der Waals surface area contributed by atoms with Gasteiger partial charge in [-0.3, -0.25) is 9.69 Å². The van der Waals surface area contributed by atoms with Crippen LogP contribution in [-0.2, 0) is 23.8 Å². The first kappa shape index (κ1) is 19.8. The number of hydrogen-bond acceptors (Lipinski definition) is 6. The van der Waals surface area contributed by atoms with Gasteiger partial charge in [0.1, 0.15) is 18.8 Å². The Bertz CT molecular complexity index is 677. The molecule has 0 bridgehead atoms. The fourth-order valence-corrected chi connectivity index (χ4v) is 2.42. The van der Waals surface area contributed by atoms with Gasteiger partial charge < -0.3 is 14.2 Å². The summed E-state index contributed by atoms with van der Waals surface area (Å²) in [5, 5.41) is 0. The molecule has 0 radical (unpaired) electrons. The number of rotatable bonds is 4. The molecule has 0 N–H and O–H groups in total. The quantitative estimate of drug-likeness (QED) is 0.604. The molecule has 1 amide bonds. The second-order valence-electron chi connectivity index (χ2n) is 7.87. The van der Waals surface area contributed by atoms with E-state index in [1.165, 1.54) is 4.90 Å². The van der Waals surface area contributed by atoms with E-state index >= 15 is 0 Å². The Morgan fingerprint density at radius 2 is 1.85 bits per heavy atom. The lowest BCUT2D eigenvalue weighted by molar-refractivity contribution is -0.161. The average molecular weight is 363 g/mol. The molecule has 26 heavy (non-hydrogen) atoms. The van der Waals surface area contributed by atoms with Crippen LogP contribution in [-0.4, -0.2) is 42.9 Å². The minimum Gasteiger partial charge on any atom is -0.462 e. The number of esters is 2. The molecular weight excluding hydrogens is 338 g/mol. The molecule has 2 rings (SSSR count). The fraction of sp³-hybridized carbons (Fsp3) is 0.526. The molecule has 0 saturated carbocycles. The van der Waals surface area contributed by atoms with Crippen LogP contribution in [0.4, 0.5) is 10.5 Å². The highest BCUT2D eigenvalue weighted by Gasteiger charge is 2.46. The van der Waals surface area contributed by atoms with Crippen molar-refractivity contribution < 1.29 is 28.6 Å². The summed E-state index contributed by atoms with van der Waals surface area (Å²) in [4.78, 5) is 37.9. The van der Waals surface area contributed by atoms with Crippen molar-refractivity contribution in [1.29, 1.82) is 0 Å². The summed E-state index contributed by atoms with van der Waals surface area (Å²) < 4.78 is 15.6. The Balaban J connectivity index is 2.15. The maximum Gasteiger partial charge on any atom is 0.415 e. The van der Waals surface area contributed by atoms with Gasteiger partial charge in [-0.1, -0.05) is 32.0 Å². The van der Waals surface area contributed by atoms with Gasteiger partial charge in [0, 0.05) is 11.1 Å². The van der Waals surface area contributed by atoms with E-state index in [0.29, 0.717) is 5.69 Å². The summed E-state index contributed by atoms with van der Waals surface area (Å²) in [6.45, 7) is 8.57. The van der Waals surface area contributed by atoms with Gasteiger partial charge in [0.05, 0.1) is 0 Å². The van der Waals surface area contributed by atoms with E-state index in [2.05, 4.69) is 0 Å². The molecule has 1 saturated heterocycles. The molecule has 142 valence electrons. The van der Waals surface area contributed by atoms with Crippen molar-refractivity contribution in [3.8, 4) is 0 Å². The van der Waals surface area contributed by atoms with Crippen LogP contribution in [0.15, 0.2) is 30.3 Å². The van der Waals surface area contributed by atoms with E-state index in [9.17, 15) is 14.4 Å². The molecule has 1 aliphatic heterocycles. The molecule has 0 aromatic heterocycles. The lowest BCUT2D eigenvalue weighted by Gasteiger charge is -2.28. The van der Waals surface area contributed by atoms with Crippen molar-refractivity contribution in [2.75, 3.05) is 18.1 Å². The number of hydrogen-bond donors (Lipinski definition) is 0. The van der Waals surface area contributed by atoms with Crippen LogP contribution < -0.4 is 4.90 Å². The molecule has 7 nitrogen and oxygen atoms in total. The zero-order valence-corrected chi connectivity index (χ0v) is 15.8. The summed E-state index contributed by atoms with van der Waals surface area (Å²) in [7, 11) is 0. The first-order valence-electron chi connectivity index (χ1n) is 8.41. The molecule has 0 aliphatic carbocycles. The van der Waals surface area contributed by atoms with E-state index in [4.69, 9.17) is 14.2 Å². The van der Waals surface area contributed by atoms with E-state index in [1.54, 1.807) is 65.0 Å². The first-order valence-corrected chi connectivity index (χ1v) is 8.41. The van der Waals surface area contributed by atoms with Gasteiger partial charge in [-0.05, 0) is 32.9 Å². The smallest absolute Gasteiger partial charge is 0.415 e. The highest BCUT2D eigenvalue weighted by Crippen LogP contribution is 2.31. The minimum atomic E-state index is -0.994. The molecule has 7 heteroatoms. The molecule has 1 unspecified atom stereocenters. The third-order valence-corrected chi connectivity index (χ3v) is 3.73. The predicted octanol–water partition coefficient (Wildman–Crippen LogP) is 2.92. The lowest BCUT2D eigenvalue weighted by atomic mass is 9.90. The van der Waals surface area contributed by atoms with Gasteiger partial charge in [-0.25, -0.2) is 9.59 Å². The highest BCUT2D eigenvalue weighted by atomic mass is 16.6. The van der Waals surface area contributed by atoms with Gasteiger partial charge in [0.25, 0.3) is 0 Å². The van der Waals surface area contributed by atoms with Crippen molar-refractivity contribution in [3.05, 3.63) is 30.3 Å². The van der Waals surface area contributed by atoms with Crippen LogP contribution >= 0.6 is 0 Å². The van der Waals surface area contributed by atoms with Crippen LogP contribution in [0.25, 0.3) is 0 Å². The minimum absolute atomic E-state index is 0.179. The number of nitrogens with zero attached hydrogens (tertiary/aromatic N) is 1. The van der Waals surface area contributed by atoms with Crippen LogP contribution in [0.5, 0.6) is 0 Å². The molecular formula is C19H25NO6. The number of amides is 1. The van der Waals surface area contributed by atoms with E-state index < -0.39 is 35.2 Å². The predicted molar refractivity (Wildman–Crippen MR) is 94.6 cm³/mol. The van der Waals surface area contributed by atoms with Gasteiger partial charge in [-0.2, -0.15) is 0 Å². The molecule has 1 aromatic rings. The number of carbonyl (C=O) groups is 3. The van der Waals surface area contributed by atoms with Crippen molar-refractivity contribution in [2.24, 2.45) is 5.41 Å². The maximum atomic E-state index is 12.5. The van der Waals surface area contributed by atoms with E-state index in [-0.39, 0.29) is 13.2 Å². The summed E-state index contributed by atoms with van der Waals surface area (Å²) in [5.74, 6) is -1.29. The monoisotopic (exact) mass is 363 g/mol. The number of ether oxygens (including phenoxy) is 3. The Labute approximate surface area is 153 Å². The van der Waals surface area contributed by atoms with Gasteiger partial charge in [0.15, 0.2) is 0 Å². The largest absolute Gasteiger partial charge is 0.462 e. The number of carbonyl (C=O) groups excluding carboxylic acids is 3. The van der Waals surface area contributed by atoms with E-state index in [0.717, 1.165) is 0 Å². The summed E-state index contributed by atoms with van der Waals surface area (Å²) >= 11 is 0. The zero-order valence-electron chi connectivity index (χ0n) is 15.8. The van der Waals surface area contributed by atoms with Gasteiger partial charge in [-0.15, -0.1) is 0 Å². The number of para-hydroxylation sites is 1. The van der Waals surface area contributed by atoms with Crippen molar-refractivity contribution in [1.82, 2.24) is 0 Å². The van der Waals surface area contributed by atoms with E-state index in [1.807, 2.05) is 0 Å². The highest BCUT2D eigenvalue weighted by molar-refractivity contribution is 5.94. The molecule has 1 heterocycles. The molecule has 0 spiro atoms. The topological polar surface area (TPSA) is 82.1 Å². The van der Waals surface area contributed by atoms with Crippen LogP contribution in [0.2, 0.25) is 0 Å². The zero-order chi connectivity index (χ0) is 19.5. The summed E-state index contributed by atoms with van der Waals surface area (Å²) in [6.07, 6.45) is -1.67. The Morgan fingerprint density at radius 1 is 1.23 bits per heavy atom. The molecule has 1 fully saturated rings. The second kappa shape index (κ2) is 7.35. The molecule has 1 aromatic carbocycles. The summed E-state index contributed by atoms with van der Waals surface area (Å²) in [6, 6.07) is 8.66.